The van der Waals surface area contributed by atoms with E-state index in [-0.39, 0.29) is 6.03 Å². The van der Waals surface area contributed by atoms with Crippen LogP contribution in [0.15, 0.2) is 0 Å². The average molecular weight is 274 g/mol. The second-order valence-corrected chi connectivity index (χ2v) is 6.11. The molecule has 1 fully saturated rings. The maximum Gasteiger partial charge on any atom is 0.329 e. The standard InChI is InChI=1S/C12H22N2O3S/c1-3-12(2,10(15)16)14-11(17)13-8-9-4-6-18-7-5-9/h9H,3-8H2,1-2H3,(H,15,16)(H2,13,14,17). The highest BCUT2D eigenvalue weighted by molar-refractivity contribution is 7.99. The summed E-state index contributed by atoms with van der Waals surface area (Å²) in [5, 5.41) is 14.4. The summed E-state index contributed by atoms with van der Waals surface area (Å²) in [6.45, 7) is 3.89. The van der Waals surface area contributed by atoms with Crippen LogP contribution in [0.4, 0.5) is 4.79 Å². The van der Waals surface area contributed by atoms with Gasteiger partial charge in [0, 0.05) is 6.54 Å². The number of thioether (sulfide) groups is 1. The van der Waals surface area contributed by atoms with Crippen molar-refractivity contribution in [1.82, 2.24) is 10.6 Å². The van der Waals surface area contributed by atoms with Gasteiger partial charge in [-0.15, -0.1) is 0 Å². The molecule has 6 heteroatoms. The first kappa shape index (κ1) is 15.1. The van der Waals surface area contributed by atoms with Crippen LogP contribution in [-0.4, -0.2) is 40.7 Å². The average Bonchev–Trinajstić information content (AvgIpc) is 2.37. The molecule has 0 aromatic heterocycles. The molecule has 104 valence electrons. The Morgan fingerprint density at radius 3 is 2.50 bits per heavy atom. The van der Waals surface area contributed by atoms with Gasteiger partial charge < -0.3 is 15.7 Å². The number of nitrogens with one attached hydrogen (secondary N) is 2. The van der Waals surface area contributed by atoms with Crippen molar-refractivity contribution in [3.63, 3.8) is 0 Å². The van der Waals surface area contributed by atoms with E-state index in [1.54, 1.807) is 6.92 Å². The molecule has 0 radical (unpaired) electrons. The van der Waals surface area contributed by atoms with E-state index < -0.39 is 11.5 Å². The molecule has 1 aliphatic rings. The van der Waals surface area contributed by atoms with Crippen LogP contribution in [-0.2, 0) is 4.79 Å². The summed E-state index contributed by atoms with van der Waals surface area (Å²) >= 11 is 1.94. The second-order valence-electron chi connectivity index (χ2n) is 4.88. The van der Waals surface area contributed by atoms with Gasteiger partial charge in [0.2, 0.25) is 0 Å². The van der Waals surface area contributed by atoms with Gasteiger partial charge >= 0.3 is 12.0 Å². The number of carbonyl (C=O) groups is 2. The van der Waals surface area contributed by atoms with E-state index in [0.717, 1.165) is 24.3 Å². The molecule has 1 unspecified atom stereocenters. The van der Waals surface area contributed by atoms with Gasteiger partial charge in [-0.3, -0.25) is 0 Å². The lowest BCUT2D eigenvalue weighted by molar-refractivity contribution is -0.143. The zero-order chi connectivity index (χ0) is 13.6. The molecule has 0 bridgehead atoms. The second kappa shape index (κ2) is 6.87. The van der Waals surface area contributed by atoms with Crippen molar-refractivity contribution in [3.05, 3.63) is 0 Å². The van der Waals surface area contributed by atoms with Gasteiger partial charge in [0.05, 0.1) is 0 Å². The third kappa shape index (κ3) is 4.40. The first-order valence-corrected chi connectivity index (χ1v) is 7.50. The highest BCUT2D eigenvalue weighted by Crippen LogP contribution is 2.21. The fourth-order valence-electron chi connectivity index (χ4n) is 1.78. The molecule has 2 amide bonds. The lowest BCUT2D eigenvalue weighted by Gasteiger charge is -2.26. The summed E-state index contributed by atoms with van der Waals surface area (Å²) in [5.41, 5.74) is -1.19. The first-order chi connectivity index (χ1) is 8.48. The molecule has 3 N–H and O–H groups in total. The third-order valence-electron chi connectivity index (χ3n) is 3.46. The molecular formula is C12H22N2O3S. The smallest absolute Gasteiger partial charge is 0.329 e. The summed E-state index contributed by atoms with van der Waals surface area (Å²) in [5.74, 6) is 1.81. The highest BCUT2D eigenvalue weighted by Gasteiger charge is 2.32. The summed E-state index contributed by atoms with van der Waals surface area (Å²) in [6, 6.07) is -0.389. The van der Waals surface area contributed by atoms with Crippen molar-refractivity contribution in [2.24, 2.45) is 5.92 Å². The zero-order valence-electron chi connectivity index (χ0n) is 11.0. The predicted molar refractivity (Wildman–Crippen MR) is 72.9 cm³/mol. The quantitative estimate of drug-likeness (QED) is 0.713. The van der Waals surface area contributed by atoms with Gasteiger partial charge in [-0.05, 0) is 43.6 Å². The topological polar surface area (TPSA) is 78.4 Å². The summed E-state index contributed by atoms with van der Waals surface area (Å²) in [4.78, 5) is 22.7. The number of carbonyl (C=O) groups excluding carboxylic acids is 1. The maximum absolute atomic E-state index is 11.7. The van der Waals surface area contributed by atoms with E-state index in [4.69, 9.17) is 5.11 Å². The first-order valence-electron chi connectivity index (χ1n) is 6.35. The fourth-order valence-corrected chi connectivity index (χ4v) is 2.98. The molecule has 0 spiro atoms. The van der Waals surface area contributed by atoms with Gasteiger partial charge in [-0.25, -0.2) is 9.59 Å². The molecule has 0 aromatic carbocycles. The van der Waals surface area contributed by atoms with E-state index in [9.17, 15) is 9.59 Å². The lowest BCUT2D eigenvalue weighted by Crippen LogP contribution is -2.55. The number of aliphatic carboxylic acids is 1. The van der Waals surface area contributed by atoms with E-state index in [1.807, 2.05) is 11.8 Å². The largest absolute Gasteiger partial charge is 0.480 e. The minimum atomic E-state index is -1.19. The minimum absolute atomic E-state index is 0.357. The van der Waals surface area contributed by atoms with E-state index in [0.29, 0.717) is 18.9 Å². The van der Waals surface area contributed by atoms with E-state index in [2.05, 4.69) is 10.6 Å². The lowest BCUT2D eigenvalue weighted by atomic mass is 9.99. The van der Waals surface area contributed by atoms with Crippen LogP contribution in [0.3, 0.4) is 0 Å². The Hall–Kier alpha value is -0.910. The minimum Gasteiger partial charge on any atom is -0.480 e. The summed E-state index contributed by atoms with van der Waals surface area (Å²) in [6.07, 6.45) is 2.60. The fraction of sp³-hybridized carbons (Fsp3) is 0.833. The van der Waals surface area contributed by atoms with Crippen LogP contribution >= 0.6 is 11.8 Å². The van der Waals surface area contributed by atoms with Crippen LogP contribution in [0.5, 0.6) is 0 Å². The van der Waals surface area contributed by atoms with Crippen LogP contribution in [0.1, 0.15) is 33.1 Å². The Balaban J connectivity index is 2.34. The van der Waals surface area contributed by atoms with Crippen LogP contribution < -0.4 is 10.6 Å². The molecule has 1 heterocycles. The Kier molecular flexibility index (Phi) is 5.78. The number of urea groups is 1. The zero-order valence-corrected chi connectivity index (χ0v) is 11.8. The number of hydrogen-bond donors (Lipinski definition) is 3. The van der Waals surface area contributed by atoms with Crippen molar-refractivity contribution in [2.45, 2.75) is 38.6 Å². The number of amides is 2. The van der Waals surface area contributed by atoms with Gasteiger partial charge in [0.15, 0.2) is 0 Å². The van der Waals surface area contributed by atoms with Gasteiger partial charge in [0.25, 0.3) is 0 Å². The Morgan fingerprint density at radius 2 is 2.00 bits per heavy atom. The predicted octanol–water partition coefficient (Wildman–Crippen LogP) is 1.68. The molecular weight excluding hydrogens is 252 g/mol. The number of hydrogen-bond acceptors (Lipinski definition) is 3. The van der Waals surface area contributed by atoms with E-state index >= 15 is 0 Å². The van der Waals surface area contributed by atoms with Crippen molar-refractivity contribution in [3.8, 4) is 0 Å². The number of carboxylic acid groups (broad SMARTS) is 1. The normalized spacial score (nSPS) is 19.9. The highest BCUT2D eigenvalue weighted by atomic mass is 32.2. The van der Waals surface area contributed by atoms with Crippen molar-refractivity contribution in [1.29, 1.82) is 0 Å². The van der Waals surface area contributed by atoms with Crippen LogP contribution in [0, 0.1) is 5.92 Å². The van der Waals surface area contributed by atoms with Crippen molar-refractivity contribution in [2.75, 3.05) is 18.1 Å². The number of rotatable bonds is 5. The molecule has 5 nitrogen and oxygen atoms in total. The van der Waals surface area contributed by atoms with Gasteiger partial charge in [0.1, 0.15) is 5.54 Å². The summed E-state index contributed by atoms with van der Waals surface area (Å²) < 4.78 is 0. The maximum atomic E-state index is 11.7. The Morgan fingerprint density at radius 1 is 1.39 bits per heavy atom. The third-order valence-corrected chi connectivity index (χ3v) is 4.51. The van der Waals surface area contributed by atoms with Crippen molar-refractivity contribution >= 4 is 23.8 Å². The monoisotopic (exact) mass is 274 g/mol. The molecule has 1 aliphatic heterocycles. The molecule has 18 heavy (non-hydrogen) atoms. The molecule has 1 rings (SSSR count). The Bertz CT molecular complexity index is 306. The van der Waals surface area contributed by atoms with Gasteiger partial charge in [-0.1, -0.05) is 6.92 Å². The SMILES string of the molecule is CCC(C)(NC(=O)NCC1CCSCC1)C(=O)O. The summed E-state index contributed by atoms with van der Waals surface area (Å²) in [7, 11) is 0. The van der Waals surface area contributed by atoms with Crippen molar-refractivity contribution < 1.29 is 14.7 Å². The van der Waals surface area contributed by atoms with Crippen LogP contribution in [0.2, 0.25) is 0 Å². The molecule has 1 saturated heterocycles. The number of carboxylic acids is 1. The van der Waals surface area contributed by atoms with Gasteiger partial charge in [-0.2, -0.15) is 11.8 Å². The molecule has 0 aromatic rings. The Labute approximate surface area is 112 Å². The molecule has 1 atom stereocenters. The van der Waals surface area contributed by atoms with E-state index in [1.165, 1.54) is 6.92 Å². The van der Waals surface area contributed by atoms with Crippen LogP contribution in [0.25, 0.3) is 0 Å². The molecule has 0 aliphatic carbocycles. The molecule has 0 saturated carbocycles.